The van der Waals surface area contributed by atoms with Crippen molar-refractivity contribution in [2.45, 2.75) is 71.8 Å². The van der Waals surface area contributed by atoms with E-state index < -0.39 is 8.80 Å². The van der Waals surface area contributed by atoms with Crippen molar-refractivity contribution in [1.82, 2.24) is 10.9 Å². The molecule has 0 radical (unpaired) electrons. The van der Waals surface area contributed by atoms with Gasteiger partial charge in [0.25, 0.3) is 0 Å². The molecule has 24 heavy (non-hydrogen) atoms. The summed E-state index contributed by atoms with van der Waals surface area (Å²) < 4.78 is 18.6. The molecular formula is C17H40N2O4Si. The molecule has 3 N–H and O–H groups in total. The Morgan fingerprint density at radius 2 is 1.17 bits per heavy atom. The molecule has 0 bridgehead atoms. The summed E-state index contributed by atoms with van der Waals surface area (Å²) >= 11 is 0. The summed E-state index contributed by atoms with van der Waals surface area (Å²) in [6.07, 6.45) is 7.39. The third kappa shape index (κ3) is 13.3. The fourth-order valence-corrected chi connectivity index (χ4v) is 4.74. The smallest absolute Gasteiger partial charge is 0.395 e. The number of rotatable bonds is 19. The van der Waals surface area contributed by atoms with Crippen LogP contribution in [0.1, 0.15) is 65.7 Å². The molecule has 0 heterocycles. The molecule has 146 valence electrons. The quantitative estimate of drug-likeness (QED) is 0.186. The molecule has 0 aliphatic heterocycles. The minimum Gasteiger partial charge on any atom is -0.395 e. The molecule has 0 aromatic rings. The number of hydrogen-bond acceptors (Lipinski definition) is 6. The highest BCUT2D eigenvalue weighted by atomic mass is 28.4. The Kier molecular flexibility index (Phi) is 17.8. The van der Waals surface area contributed by atoms with Crippen LogP contribution in [0.4, 0.5) is 0 Å². The lowest BCUT2D eigenvalue weighted by Crippen LogP contribution is -2.47. The fourth-order valence-electron chi connectivity index (χ4n) is 2.08. The normalized spacial score (nSPS) is 12.0. The van der Waals surface area contributed by atoms with Gasteiger partial charge in [-0.1, -0.05) is 40.0 Å². The standard InChI is InChI=1S/C17H40N2O4Si/c1-4-7-14-21-24(22-15-8-5-2,23-16-9-6-3)17-10-11-18-19-12-13-20/h18-20H,4-17H2,1-3H3. The van der Waals surface area contributed by atoms with Crippen LogP contribution < -0.4 is 10.9 Å². The topological polar surface area (TPSA) is 72.0 Å². The lowest BCUT2D eigenvalue weighted by molar-refractivity contribution is 0.0558. The second-order valence-electron chi connectivity index (χ2n) is 5.97. The van der Waals surface area contributed by atoms with Crippen molar-refractivity contribution in [2.24, 2.45) is 0 Å². The lowest BCUT2D eigenvalue weighted by Gasteiger charge is -2.30. The molecule has 0 unspecified atom stereocenters. The van der Waals surface area contributed by atoms with E-state index in [2.05, 4.69) is 31.6 Å². The maximum atomic E-state index is 8.76. The summed E-state index contributed by atoms with van der Waals surface area (Å²) in [7, 11) is -2.59. The average molecular weight is 365 g/mol. The van der Waals surface area contributed by atoms with Gasteiger partial charge in [-0.15, -0.1) is 0 Å². The number of nitrogens with one attached hydrogen (secondary N) is 2. The highest BCUT2D eigenvalue weighted by Gasteiger charge is 2.40. The molecule has 0 saturated heterocycles. The maximum Gasteiger partial charge on any atom is 0.501 e. The van der Waals surface area contributed by atoms with E-state index in [0.717, 1.165) is 77.4 Å². The molecule has 0 amide bonds. The third-order valence-corrected chi connectivity index (χ3v) is 6.50. The van der Waals surface area contributed by atoms with Crippen molar-refractivity contribution in [2.75, 3.05) is 39.5 Å². The van der Waals surface area contributed by atoms with E-state index in [0.29, 0.717) is 6.54 Å². The lowest BCUT2D eigenvalue weighted by atomic mass is 10.4. The molecule has 0 spiro atoms. The van der Waals surface area contributed by atoms with E-state index in [9.17, 15) is 0 Å². The number of aliphatic hydroxyl groups excluding tert-OH is 1. The summed E-state index contributed by atoms with van der Waals surface area (Å²) in [5.74, 6) is 0. The molecule has 7 heteroatoms. The van der Waals surface area contributed by atoms with E-state index in [-0.39, 0.29) is 6.61 Å². The van der Waals surface area contributed by atoms with Gasteiger partial charge in [-0.2, -0.15) is 0 Å². The number of unbranched alkanes of at least 4 members (excludes halogenated alkanes) is 3. The summed E-state index contributed by atoms with van der Waals surface area (Å²) in [6, 6.07) is 0.831. The maximum absolute atomic E-state index is 8.76. The largest absolute Gasteiger partial charge is 0.501 e. The Labute approximate surface area is 150 Å². The van der Waals surface area contributed by atoms with Gasteiger partial charge in [-0.05, 0) is 25.7 Å². The zero-order valence-corrected chi connectivity index (χ0v) is 17.1. The second-order valence-corrected chi connectivity index (χ2v) is 8.70. The fraction of sp³-hybridized carbons (Fsp3) is 1.00. The van der Waals surface area contributed by atoms with Crippen LogP contribution in [-0.4, -0.2) is 53.4 Å². The van der Waals surface area contributed by atoms with Gasteiger partial charge in [0.2, 0.25) is 0 Å². The minimum absolute atomic E-state index is 0.131. The van der Waals surface area contributed by atoms with E-state index in [1.54, 1.807) is 0 Å². The van der Waals surface area contributed by atoms with Crippen molar-refractivity contribution >= 4 is 8.80 Å². The van der Waals surface area contributed by atoms with Gasteiger partial charge in [0.1, 0.15) is 0 Å². The van der Waals surface area contributed by atoms with Gasteiger partial charge in [0, 0.05) is 39.0 Å². The molecule has 0 aliphatic rings. The number of aliphatic hydroxyl groups is 1. The highest BCUT2D eigenvalue weighted by Crippen LogP contribution is 2.20. The first-order valence-electron chi connectivity index (χ1n) is 9.73. The van der Waals surface area contributed by atoms with E-state index in [4.69, 9.17) is 18.4 Å². The van der Waals surface area contributed by atoms with Crippen molar-refractivity contribution in [3.63, 3.8) is 0 Å². The molecule has 0 rings (SSSR count). The number of hydrazine groups is 1. The monoisotopic (exact) mass is 364 g/mol. The van der Waals surface area contributed by atoms with Gasteiger partial charge in [-0.3, -0.25) is 10.9 Å². The highest BCUT2D eigenvalue weighted by molar-refractivity contribution is 6.60. The first kappa shape index (κ1) is 24.0. The van der Waals surface area contributed by atoms with E-state index in [1.807, 2.05) is 0 Å². The van der Waals surface area contributed by atoms with Crippen LogP contribution in [0, 0.1) is 0 Å². The van der Waals surface area contributed by atoms with Crippen molar-refractivity contribution in [3.05, 3.63) is 0 Å². The molecular weight excluding hydrogens is 324 g/mol. The van der Waals surface area contributed by atoms with Crippen molar-refractivity contribution < 1.29 is 18.4 Å². The van der Waals surface area contributed by atoms with Crippen molar-refractivity contribution in [1.29, 1.82) is 0 Å². The molecule has 0 aromatic carbocycles. The molecule has 0 saturated carbocycles. The summed E-state index contributed by atoms with van der Waals surface area (Å²) in [4.78, 5) is 0. The van der Waals surface area contributed by atoms with Gasteiger partial charge >= 0.3 is 8.80 Å². The Morgan fingerprint density at radius 1 is 0.708 bits per heavy atom. The predicted octanol–water partition coefficient (Wildman–Crippen LogP) is 2.85. The van der Waals surface area contributed by atoms with Crippen LogP contribution in [0.15, 0.2) is 0 Å². The molecule has 6 nitrogen and oxygen atoms in total. The van der Waals surface area contributed by atoms with Crippen LogP contribution in [0.5, 0.6) is 0 Å². The Morgan fingerprint density at radius 3 is 1.58 bits per heavy atom. The molecule has 0 aromatic heterocycles. The predicted molar refractivity (Wildman–Crippen MR) is 101 cm³/mol. The Hall–Kier alpha value is -0.0231. The Bertz CT molecular complexity index is 234. The zero-order chi connectivity index (χ0) is 17.9. The summed E-state index contributed by atoms with van der Waals surface area (Å²) in [6.45, 7) is 10.1. The second kappa shape index (κ2) is 17.8. The minimum atomic E-state index is -2.59. The first-order chi connectivity index (χ1) is 11.7. The Balaban J connectivity index is 4.48. The van der Waals surface area contributed by atoms with Gasteiger partial charge in [0.15, 0.2) is 0 Å². The van der Waals surface area contributed by atoms with Crippen LogP contribution >= 0.6 is 0 Å². The third-order valence-electron chi connectivity index (χ3n) is 3.61. The van der Waals surface area contributed by atoms with Gasteiger partial charge < -0.3 is 18.4 Å². The SMILES string of the molecule is CCCCO[Si](CCCNNCCO)(OCCCC)OCCCC. The van der Waals surface area contributed by atoms with Crippen LogP contribution in [-0.2, 0) is 13.3 Å². The van der Waals surface area contributed by atoms with Crippen molar-refractivity contribution in [3.8, 4) is 0 Å². The molecule has 0 fully saturated rings. The average Bonchev–Trinajstić information content (AvgIpc) is 2.58. The molecule has 0 atom stereocenters. The van der Waals surface area contributed by atoms with Crippen LogP contribution in [0.2, 0.25) is 6.04 Å². The van der Waals surface area contributed by atoms with Gasteiger partial charge in [-0.25, -0.2) is 0 Å². The van der Waals surface area contributed by atoms with Gasteiger partial charge in [0.05, 0.1) is 6.61 Å². The summed E-state index contributed by atoms with van der Waals surface area (Å²) in [5, 5.41) is 8.76. The van der Waals surface area contributed by atoms with E-state index in [1.165, 1.54) is 0 Å². The molecule has 0 aliphatic carbocycles. The first-order valence-corrected chi connectivity index (χ1v) is 11.7. The number of hydrogen-bond donors (Lipinski definition) is 3. The van der Waals surface area contributed by atoms with E-state index >= 15 is 0 Å². The van der Waals surface area contributed by atoms with Crippen LogP contribution in [0.25, 0.3) is 0 Å². The zero-order valence-electron chi connectivity index (χ0n) is 16.1. The van der Waals surface area contributed by atoms with Crippen LogP contribution in [0.3, 0.4) is 0 Å². The summed E-state index contributed by atoms with van der Waals surface area (Å²) in [5.41, 5.74) is 6.08.